The van der Waals surface area contributed by atoms with E-state index in [1.54, 1.807) is 0 Å². The third kappa shape index (κ3) is 6.99. The second-order valence-corrected chi connectivity index (χ2v) is 7.01. The molecule has 2 rings (SSSR count). The Kier molecular flexibility index (Phi) is 8.99. The normalized spacial score (nSPS) is 18.9. The third-order valence-corrected chi connectivity index (χ3v) is 4.74. The van der Waals surface area contributed by atoms with E-state index < -0.39 is 0 Å². The molecule has 0 saturated carbocycles. The number of carbonyl (C=O) groups is 3. The molecule has 2 aliphatic rings. The minimum absolute atomic E-state index is 0.0654. The van der Waals surface area contributed by atoms with E-state index in [1.807, 2.05) is 13.8 Å². The smallest absolute Gasteiger partial charge is 0.324 e. The predicted octanol–water partition coefficient (Wildman–Crippen LogP) is -0.916. The number of hydrogen-bond acceptors (Lipinski definition) is 5. The lowest BCUT2D eigenvalue weighted by Gasteiger charge is -2.32. The van der Waals surface area contributed by atoms with Crippen LogP contribution >= 0.6 is 0 Å². The van der Waals surface area contributed by atoms with Crippen LogP contribution in [-0.4, -0.2) is 92.0 Å². The molecule has 28 heavy (non-hydrogen) atoms. The van der Waals surface area contributed by atoms with E-state index >= 15 is 0 Å². The van der Waals surface area contributed by atoms with E-state index in [-0.39, 0.29) is 37.0 Å². The summed E-state index contributed by atoms with van der Waals surface area (Å²) in [5.74, 6) is 0.561. The number of aliphatic imine (C=N–C) groups is 1. The molecule has 2 fully saturated rings. The number of piperidine rings is 1. The van der Waals surface area contributed by atoms with Gasteiger partial charge in [0.2, 0.25) is 11.8 Å². The van der Waals surface area contributed by atoms with Gasteiger partial charge in [-0.1, -0.05) is 6.92 Å². The molecule has 0 spiro atoms. The summed E-state index contributed by atoms with van der Waals surface area (Å²) in [5, 5.41) is 12.0. The summed E-state index contributed by atoms with van der Waals surface area (Å²) < 4.78 is 0. The number of nitrogens with one attached hydrogen (secondary N) is 4. The molecule has 10 heteroatoms. The number of imide groups is 1. The summed E-state index contributed by atoms with van der Waals surface area (Å²) in [6.45, 7) is 8.35. The number of likely N-dealkylation sites (tertiary alicyclic amines) is 1. The largest absolute Gasteiger partial charge is 0.357 e. The highest BCUT2D eigenvalue weighted by Crippen LogP contribution is 2.10. The van der Waals surface area contributed by atoms with Crippen LogP contribution in [0.4, 0.5) is 4.79 Å². The molecule has 0 aromatic heterocycles. The van der Waals surface area contributed by atoms with E-state index in [4.69, 9.17) is 0 Å². The summed E-state index contributed by atoms with van der Waals surface area (Å²) in [6.07, 6.45) is 2.80. The first-order valence-corrected chi connectivity index (χ1v) is 10.2. The Morgan fingerprint density at radius 1 is 1.21 bits per heavy atom. The van der Waals surface area contributed by atoms with Crippen molar-refractivity contribution in [2.45, 2.75) is 39.2 Å². The van der Waals surface area contributed by atoms with Crippen molar-refractivity contribution in [1.82, 2.24) is 31.1 Å². The zero-order chi connectivity index (χ0) is 20.4. The van der Waals surface area contributed by atoms with Crippen LogP contribution in [0.5, 0.6) is 0 Å². The highest BCUT2D eigenvalue weighted by atomic mass is 16.2. The molecule has 0 atom stereocenters. The number of urea groups is 1. The van der Waals surface area contributed by atoms with Gasteiger partial charge in [0, 0.05) is 32.2 Å². The number of nitrogens with zero attached hydrogens (tertiary/aromatic N) is 3. The quantitative estimate of drug-likeness (QED) is 0.228. The summed E-state index contributed by atoms with van der Waals surface area (Å²) >= 11 is 0. The zero-order valence-electron chi connectivity index (χ0n) is 16.9. The van der Waals surface area contributed by atoms with Crippen LogP contribution < -0.4 is 21.3 Å². The summed E-state index contributed by atoms with van der Waals surface area (Å²) in [7, 11) is 0. The first kappa shape index (κ1) is 21.9. The fraction of sp³-hybridized carbons (Fsp3) is 0.778. The van der Waals surface area contributed by atoms with Crippen molar-refractivity contribution in [3.8, 4) is 0 Å². The van der Waals surface area contributed by atoms with E-state index in [2.05, 4.69) is 31.2 Å². The van der Waals surface area contributed by atoms with Gasteiger partial charge in [-0.15, -0.1) is 0 Å². The van der Waals surface area contributed by atoms with Gasteiger partial charge in [-0.2, -0.15) is 0 Å². The molecular formula is C18H33N7O3. The molecule has 0 unspecified atom stereocenters. The minimum atomic E-state index is -0.353. The molecule has 4 amide bonds. The second-order valence-electron chi connectivity index (χ2n) is 7.01. The Balaban J connectivity index is 1.74. The number of hydrogen-bond donors (Lipinski definition) is 4. The SMILES string of the molecule is CCCNC(=O)CN1CCC(NC(=NCCN2C(=O)CNC2=O)NCC)CC1. The van der Waals surface area contributed by atoms with Gasteiger partial charge >= 0.3 is 6.03 Å². The summed E-state index contributed by atoms with van der Waals surface area (Å²) in [6, 6.07) is -0.0713. The van der Waals surface area contributed by atoms with Crippen molar-refractivity contribution in [2.75, 3.05) is 52.4 Å². The molecule has 10 nitrogen and oxygen atoms in total. The number of rotatable bonds is 9. The maximum atomic E-state index is 11.8. The van der Waals surface area contributed by atoms with Crippen LogP contribution in [0.25, 0.3) is 0 Å². The van der Waals surface area contributed by atoms with Crippen LogP contribution in [-0.2, 0) is 9.59 Å². The number of amides is 4. The average molecular weight is 396 g/mol. The van der Waals surface area contributed by atoms with Gasteiger partial charge in [-0.25, -0.2) is 4.79 Å². The molecule has 2 heterocycles. The van der Waals surface area contributed by atoms with Gasteiger partial charge in [0.05, 0.1) is 26.2 Å². The first-order valence-electron chi connectivity index (χ1n) is 10.2. The molecule has 2 saturated heterocycles. The standard InChI is InChI=1S/C18H33N7O3/c1-3-7-20-15(26)13-24-9-5-14(6-10-24)23-17(19-4-2)21-8-11-25-16(27)12-22-18(25)28/h14H,3-13H2,1-2H3,(H,20,26)(H,22,28)(H2,19,21,23). The molecule has 0 aliphatic carbocycles. The Morgan fingerprint density at radius 3 is 2.57 bits per heavy atom. The molecule has 158 valence electrons. The van der Waals surface area contributed by atoms with Crippen LogP contribution in [0, 0.1) is 0 Å². The Labute approximate surface area is 166 Å². The predicted molar refractivity (Wildman–Crippen MR) is 107 cm³/mol. The molecule has 0 aromatic rings. The number of guanidine groups is 1. The zero-order valence-corrected chi connectivity index (χ0v) is 16.9. The molecule has 0 bridgehead atoms. The van der Waals surface area contributed by atoms with E-state index in [0.29, 0.717) is 19.0 Å². The van der Waals surface area contributed by atoms with E-state index in [0.717, 1.165) is 45.4 Å². The van der Waals surface area contributed by atoms with Crippen LogP contribution in [0.15, 0.2) is 4.99 Å². The van der Waals surface area contributed by atoms with Gasteiger partial charge in [-0.05, 0) is 26.2 Å². The Morgan fingerprint density at radius 2 is 1.96 bits per heavy atom. The molecule has 4 N–H and O–H groups in total. The molecule has 2 aliphatic heterocycles. The third-order valence-electron chi connectivity index (χ3n) is 4.74. The first-order chi connectivity index (χ1) is 13.5. The Bertz CT molecular complexity index is 558. The highest BCUT2D eigenvalue weighted by Gasteiger charge is 2.27. The van der Waals surface area contributed by atoms with Crippen LogP contribution in [0.3, 0.4) is 0 Å². The van der Waals surface area contributed by atoms with Crippen molar-refractivity contribution in [3.63, 3.8) is 0 Å². The van der Waals surface area contributed by atoms with Crippen molar-refractivity contribution in [2.24, 2.45) is 4.99 Å². The van der Waals surface area contributed by atoms with E-state index in [1.165, 1.54) is 4.90 Å². The lowest BCUT2D eigenvalue weighted by molar-refractivity contribution is -0.125. The lowest BCUT2D eigenvalue weighted by atomic mass is 10.1. The molecule has 0 radical (unpaired) electrons. The van der Waals surface area contributed by atoms with Gasteiger partial charge in [0.1, 0.15) is 0 Å². The van der Waals surface area contributed by atoms with Crippen molar-refractivity contribution in [1.29, 1.82) is 0 Å². The molecular weight excluding hydrogens is 362 g/mol. The van der Waals surface area contributed by atoms with Gasteiger partial charge in [0.25, 0.3) is 0 Å². The average Bonchev–Trinajstić information content (AvgIpc) is 3.00. The van der Waals surface area contributed by atoms with E-state index in [9.17, 15) is 14.4 Å². The second kappa shape index (κ2) is 11.5. The number of carbonyl (C=O) groups excluding carboxylic acids is 3. The summed E-state index contributed by atoms with van der Waals surface area (Å²) in [5.41, 5.74) is 0. The topological polar surface area (TPSA) is 118 Å². The Hall–Kier alpha value is -2.36. The maximum Gasteiger partial charge on any atom is 0.324 e. The van der Waals surface area contributed by atoms with Crippen molar-refractivity contribution < 1.29 is 14.4 Å². The van der Waals surface area contributed by atoms with Crippen molar-refractivity contribution in [3.05, 3.63) is 0 Å². The fourth-order valence-corrected chi connectivity index (χ4v) is 3.22. The molecule has 0 aromatic carbocycles. The monoisotopic (exact) mass is 395 g/mol. The highest BCUT2D eigenvalue weighted by molar-refractivity contribution is 6.01. The van der Waals surface area contributed by atoms with Crippen LogP contribution in [0.2, 0.25) is 0 Å². The van der Waals surface area contributed by atoms with Crippen molar-refractivity contribution >= 4 is 23.8 Å². The summed E-state index contributed by atoms with van der Waals surface area (Å²) in [4.78, 5) is 42.8. The van der Waals surface area contributed by atoms with Gasteiger partial charge < -0.3 is 21.3 Å². The maximum absolute atomic E-state index is 11.8. The van der Waals surface area contributed by atoms with Gasteiger partial charge in [0.15, 0.2) is 5.96 Å². The minimum Gasteiger partial charge on any atom is -0.357 e. The van der Waals surface area contributed by atoms with Gasteiger partial charge in [-0.3, -0.25) is 24.4 Å². The fourth-order valence-electron chi connectivity index (χ4n) is 3.22. The lowest BCUT2D eigenvalue weighted by Crippen LogP contribution is -2.50. The van der Waals surface area contributed by atoms with Crippen LogP contribution in [0.1, 0.15) is 33.1 Å².